The summed E-state index contributed by atoms with van der Waals surface area (Å²) in [6, 6.07) is 14.1. The van der Waals surface area contributed by atoms with Crippen LogP contribution in [0.5, 0.6) is 0 Å². The number of hydrogen-bond donors (Lipinski definition) is 1. The molecule has 0 saturated carbocycles. The third-order valence-corrected chi connectivity index (χ3v) is 5.54. The average molecular weight is 409 g/mol. The SMILES string of the molecule is CC.Cc1cc2nc3c(=O)[nH]c(=O)nc-3n(CCSc3ccccc3)c2cc1C. The highest BCUT2D eigenvalue weighted by atomic mass is 32.2. The molecule has 1 N–H and O–H groups in total. The molecule has 7 heteroatoms. The van der Waals surface area contributed by atoms with Crippen LogP contribution < -0.4 is 11.2 Å². The summed E-state index contributed by atoms with van der Waals surface area (Å²) < 4.78 is 1.93. The number of nitrogens with zero attached hydrogens (tertiary/aromatic N) is 3. The van der Waals surface area contributed by atoms with Crippen LogP contribution in [0.2, 0.25) is 0 Å². The molecule has 29 heavy (non-hydrogen) atoms. The second-order valence-electron chi connectivity index (χ2n) is 6.39. The van der Waals surface area contributed by atoms with Gasteiger partial charge in [-0.25, -0.2) is 9.78 Å². The highest BCUT2D eigenvalue weighted by Crippen LogP contribution is 2.25. The Kier molecular flexibility index (Phi) is 6.49. The zero-order chi connectivity index (χ0) is 21.0. The van der Waals surface area contributed by atoms with Crippen LogP contribution in [-0.2, 0) is 6.54 Å². The standard InChI is InChI=1S/C20H18N4O2S.C2H6/c1-12-10-15-16(11-13(12)2)24(8-9-27-14-6-4-3-5-7-14)18-17(21-15)19(25)23-20(26)22-18;1-2/h3-7,10-11H,8-9H2,1-2H3,(H,23,25,26);1-2H3. The zero-order valence-corrected chi connectivity index (χ0v) is 17.8. The molecule has 0 saturated heterocycles. The Morgan fingerprint density at radius 3 is 2.41 bits per heavy atom. The molecule has 0 amide bonds. The number of H-pyrrole nitrogens is 1. The first-order valence-electron chi connectivity index (χ1n) is 9.62. The quantitative estimate of drug-likeness (QED) is 0.407. The Morgan fingerprint density at radius 2 is 1.69 bits per heavy atom. The molecule has 150 valence electrons. The molecule has 6 nitrogen and oxygen atoms in total. The van der Waals surface area contributed by atoms with Crippen LogP contribution in [0.15, 0.2) is 56.9 Å². The van der Waals surface area contributed by atoms with Crippen LogP contribution in [0, 0.1) is 13.8 Å². The summed E-state index contributed by atoms with van der Waals surface area (Å²) in [7, 11) is 0. The van der Waals surface area contributed by atoms with Gasteiger partial charge in [-0.1, -0.05) is 32.0 Å². The Labute approximate surface area is 173 Å². The van der Waals surface area contributed by atoms with Crippen molar-refractivity contribution in [2.75, 3.05) is 5.75 Å². The van der Waals surface area contributed by atoms with E-state index < -0.39 is 11.2 Å². The Hall–Kier alpha value is -2.93. The van der Waals surface area contributed by atoms with Crippen molar-refractivity contribution in [1.29, 1.82) is 0 Å². The largest absolute Gasteiger partial charge is 0.349 e. The molecular formula is C22H24N4O2S. The summed E-state index contributed by atoms with van der Waals surface area (Å²) in [6.45, 7) is 8.65. The van der Waals surface area contributed by atoms with Crippen LogP contribution in [0.4, 0.5) is 0 Å². The van der Waals surface area contributed by atoms with E-state index in [9.17, 15) is 9.59 Å². The van der Waals surface area contributed by atoms with Gasteiger partial charge in [0.05, 0.1) is 11.0 Å². The lowest BCUT2D eigenvalue weighted by molar-refractivity contribution is 0.767. The number of nitrogens with one attached hydrogen (secondary N) is 1. The van der Waals surface area contributed by atoms with Crippen LogP contribution >= 0.6 is 11.8 Å². The van der Waals surface area contributed by atoms with Crippen molar-refractivity contribution in [3.63, 3.8) is 0 Å². The molecule has 0 unspecified atom stereocenters. The minimum atomic E-state index is -0.651. The summed E-state index contributed by atoms with van der Waals surface area (Å²) in [5, 5.41) is 0. The minimum absolute atomic E-state index is 0.190. The number of aryl methyl sites for hydroxylation is 3. The maximum Gasteiger partial charge on any atom is 0.349 e. The summed E-state index contributed by atoms with van der Waals surface area (Å²) in [5.41, 5.74) is 2.86. The third-order valence-electron chi connectivity index (χ3n) is 4.55. The fraction of sp³-hybridized carbons (Fsp3) is 0.273. The van der Waals surface area contributed by atoms with Crippen molar-refractivity contribution in [3.8, 4) is 11.5 Å². The fourth-order valence-corrected chi connectivity index (χ4v) is 3.91. The maximum atomic E-state index is 12.3. The van der Waals surface area contributed by atoms with E-state index in [0.717, 1.165) is 27.9 Å². The molecule has 4 rings (SSSR count). The molecule has 0 atom stereocenters. The van der Waals surface area contributed by atoms with Crippen molar-refractivity contribution in [1.82, 2.24) is 19.5 Å². The summed E-state index contributed by atoms with van der Waals surface area (Å²) in [4.78, 5) is 36.0. The van der Waals surface area contributed by atoms with E-state index in [-0.39, 0.29) is 5.69 Å². The molecule has 0 aliphatic carbocycles. The van der Waals surface area contributed by atoms with Gasteiger partial charge in [-0.15, -0.1) is 11.8 Å². The van der Waals surface area contributed by atoms with E-state index >= 15 is 0 Å². The Bertz CT molecular complexity index is 1220. The summed E-state index contributed by atoms with van der Waals surface area (Å²) in [6.07, 6.45) is 0. The monoisotopic (exact) mass is 408 g/mol. The summed E-state index contributed by atoms with van der Waals surface area (Å²) in [5.74, 6) is 1.10. The third kappa shape index (κ3) is 4.40. The lowest BCUT2D eigenvalue weighted by Crippen LogP contribution is -2.29. The van der Waals surface area contributed by atoms with Gasteiger partial charge in [-0.3, -0.25) is 9.78 Å². The van der Waals surface area contributed by atoms with Crippen molar-refractivity contribution < 1.29 is 0 Å². The van der Waals surface area contributed by atoms with E-state index in [1.54, 1.807) is 11.8 Å². The average Bonchev–Trinajstić information content (AvgIpc) is 2.72. The number of hydrogen-bond acceptors (Lipinski definition) is 5. The van der Waals surface area contributed by atoms with E-state index in [4.69, 9.17) is 0 Å². The molecule has 0 aromatic heterocycles. The van der Waals surface area contributed by atoms with E-state index in [0.29, 0.717) is 12.4 Å². The highest BCUT2D eigenvalue weighted by molar-refractivity contribution is 7.99. The second-order valence-corrected chi connectivity index (χ2v) is 7.56. The van der Waals surface area contributed by atoms with Gasteiger partial charge in [-0.2, -0.15) is 4.98 Å². The molecule has 0 bridgehead atoms. The molecule has 2 heterocycles. The first-order chi connectivity index (χ1) is 14.0. The molecule has 2 aromatic carbocycles. The highest BCUT2D eigenvalue weighted by Gasteiger charge is 2.19. The predicted octanol–water partition coefficient (Wildman–Crippen LogP) is 4.02. The second kappa shape index (κ2) is 9.05. The van der Waals surface area contributed by atoms with E-state index in [1.165, 1.54) is 4.90 Å². The molecule has 0 radical (unpaired) electrons. The van der Waals surface area contributed by atoms with Gasteiger partial charge in [0.15, 0.2) is 11.5 Å². The molecule has 2 aromatic rings. The van der Waals surface area contributed by atoms with Gasteiger partial charge >= 0.3 is 5.69 Å². The molecule has 2 aliphatic rings. The van der Waals surface area contributed by atoms with Crippen molar-refractivity contribution in [3.05, 3.63) is 74.4 Å². The van der Waals surface area contributed by atoms with Crippen molar-refractivity contribution >= 4 is 22.8 Å². The van der Waals surface area contributed by atoms with Gasteiger partial charge in [0, 0.05) is 17.2 Å². The summed E-state index contributed by atoms with van der Waals surface area (Å²) >= 11 is 1.72. The topological polar surface area (TPSA) is 80.6 Å². The maximum absolute atomic E-state index is 12.3. The van der Waals surface area contributed by atoms with Crippen LogP contribution in [0.1, 0.15) is 25.0 Å². The van der Waals surface area contributed by atoms with E-state index in [1.807, 2.05) is 62.6 Å². The van der Waals surface area contributed by atoms with Crippen LogP contribution in [0.25, 0.3) is 22.6 Å². The Morgan fingerprint density at radius 1 is 1.00 bits per heavy atom. The smallest absolute Gasteiger partial charge is 0.321 e. The van der Waals surface area contributed by atoms with Crippen molar-refractivity contribution in [2.24, 2.45) is 0 Å². The van der Waals surface area contributed by atoms with Gasteiger partial charge in [0.25, 0.3) is 5.56 Å². The molecular weight excluding hydrogens is 384 g/mol. The molecule has 0 fully saturated rings. The lowest BCUT2D eigenvalue weighted by atomic mass is 10.1. The number of rotatable bonds is 4. The number of benzene rings is 2. The number of aromatic nitrogens is 4. The van der Waals surface area contributed by atoms with E-state index in [2.05, 4.69) is 27.1 Å². The van der Waals surface area contributed by atoms with Crippen molar-refractivity contribution in [2.45, 2.75) is 39.1 Å². The molecule has 2 aliphatic heterocycles. The Balaban J connectivity index is 0.00000117. The van der Waals surface area contributed by atoms with Gasteiger partial charge in [0.1, 0.15) is 0 Å². The fourth-order valence-electron chi connectivity index (χ4n) is 3.05. The van der Waals surface area contributed by atoms with Gasteiger partial charge < -0.3 is 4.57 Å². The van der Waals surface area contributed by atoms with Crippen LogP contribution in [-0.4, -0.2) is 25.3 Å². The zero-order valence-electron chi connectivity index (χ0n) is 17.0. The first-order valence-corrected chi connectivity index (χ1v) is 10.6. The minimum Gasteiger partial charge on any atom is -0.321 e. The van der Waals surface area contributed by atoms with Crippen LogP contribution in [0.3, 0.4) is 0 Å². The molecule has 0 spiro atoms. The number of fused-ring (bicyclic) bond motifs is 2. The van der Waals surface area contributed by atoms with Gasteiger partial charge in [0.2, 0.25) is 0 Å². The van der Waals surface area contributed by atoms with Gasteiger partial charge in [-0.05, 0) is 49.2 Å². The lowest BCUT2D eigenvalue weighted by Gasteiger charge is -2.17. The first kappa shape index (κ1) is 20.8. The number of thioether (sulfide) groups is 1. The normalized spacial score (nSPS) is 10.8. The predicted molar refractivity (Wildman–Crippen MR) is 119 cm³/mol. The number of aromatic amines is 1.